The first kappa shape index (κ1) is 14.7. The van der Waals surface area contributed by atoms with Gasteiger partial charge in [0.15, 0.2) is 0 Å². The normalized spacial score (nSPS) is 15.1. The van der Waals surface area contributed by atoms with Crippen molar-refractivity contribution in [3.63, 3.8) is 0 Å². The lowest BCUT2D eigenvalue weighted by Crippen LogP contribution is -2.35. The quantitative estimate of drug-likeness (QED) is 0.764. The Kier molecular flexibility index (Phi) is 6.14. The molecular weight excluding hydrogens is 228 g/mol. The van der Waals surface area contributed by atoms with E-state index in [-0.39, 0.29) is 0 Å². The Morgan fingerprint density at radius 1 is 1.47 bits per heavy atom. The maximum atomic E-state index is 4.42. The lowest BCUT2D eigenvalue weighted by atomic mass is 9.81. The molecule has 2 nitrogen and oxygen atoms in total. The first-order chi connectivity index (χ1) is 8.06. The number of hydrogen-bond donors (Lipinski definition) is 1. The molecule has 0 aliphatic rings. The molecular formula is C14H26N2S. The Morgan fingerprint density at radius 2 is 2.24 bits per heavy atom. The molecule has 0 saturated heterocycles. The molecule has 1 rings (SSSR count). The largest absolute Gasteiger partial charge is 0.316 e. The van der Waals surface area contributed by atoms with Crippen LogP contribution in [0.5, 0.6) is 0 Å². The van der Waals surface area contributed by atoms with Crippen LogP contribution in [-0.4, -0.2) is 18.1 Å². The van der Waals surface area contributed by atoms with Gasteiger partial charge in [-0.05, 0) is 30.7 Å². The van der Waals surface area contributed by atoms with Crippen LogP contribution in [0.2, 0.25) is 0 Å². The molecule has 0 saturated carbocycles. The lowest BCUT2D eigenvalue weighted by molar-refractivity contribution is 0.269. The topological polar surface area (TPSA) is 24.9 Å². The van der Waals surface area contributed by atoms with Crippen LogP contribution in [-0.2, 0) is 6.42 Å². The van der Waals surface area contributed by atoms with Crippen LogP contribution in [0.1, 0.15) is 46.2 Å². The summed E-state index contributed by atoms with van der Waals surface area (Å²) in [5.41, 5.74) is 3.53. The summed E-state index contributed by atoms with van der Waals surface area (Å²) in [7, 11) is 0. The molecule has 1 unspecified atom stereocenters. The maximum Gasteiger partial charge on any atom is 0.0794 e. The first-order valence-electron chi connectivity index (χ1n) is 6.63. The van der Waals surface area contributed by atoms with Crippen molar-refractivity contribution < 1.29 is 0 Å². The highest BCUT2D eigenvalue weighted by atomic mass is 32.1. The van der Waals surface area contributed by atoms with Gasteiger partial charge in [-0.15, -0.1) is 11.3 Å². The standard InChI is InChI=1S/C14H26N2S/c1-5-6-14(4,10-15-8-12(2)3)7-13-9-17-11-16-13/h9,11-12,15H,5-8,10H2,1-4H3. The van der Waals surface area contributed by atoms with Crippen molar-refractivity contribution in [2.45, 2.75) is 47.0 Å². The van der Waals surface area contributed by atoms with E-state index in [4.69, 9.17) is 0 Å². The van der Waals surface area contributed by atoms with E-state index in [2.05, 4.69) is 43.4 Å². The van der Waals surface area contributed by atoms with Crippen LogP contribution in [0.25, 0.3) is 0 Å². The summed E-state index contributed by atoms with van der Waals surface area (Å²) in [5, 5.41) is 5.78. The van der Waals surface area contributed by atoms with Gasteiger partial charge in [0.25, 0.3) is 0 Å². The second kappa shape index (κ2) is 7.12. The van der Waals surface area contributed by atoms with Crippen LogP contribution in [0.4, 0.5) is 0 Å². The van der Waals surface area contributed by atoms with Gasteiger partial charge in [0.1, 0.15) is 0 Å². The number of thiazole rings is 1. The average Bonchev–Trinajstić information content (AvgIpc) is 2.69. The summed E-state index contributed by atoms with van der Waals surface area (Å²) in [6.07, 6.45) is 3.59. The molecule has 1 atom stereocenters. The van der Waals surface area contributed by atoms with Gasteiger partial charge in [0.2, 0.25) is 0 Å². The highest BCUT2D eigenvalue weighted by Crippen LogP contribution is 2.27. The fraction of sp³-hybridized carbons (Fsp3) is 0.786. The Hall–Kier alpha value is -0.410. The van der Waals surface area contributed by atoms with E-state index in [1.807, 2.05) is 5.51 Å². The van der Waals surface area contributed by atoms with Crippen LogP contribution < -0.4 is 5.32 Å². The van der Waals surface area contributed by atoms with Crippen molar-refractivity contribution in [1.82, 2.24) is 10.3 Å². The minimum absolute atomic E-state index is 0.345. The van der Waals surface area contributed by atoms with Crippen LogP contribution in [0.15, 0.2) is 10.9 Å². The summed E-state index contributed by atoms with van der Waals surface area (Å²) < 4.78 is 0. The van der Waals surface area contributed by atoms with Gasteiger partial charge in [-0.3, -0.25) is 0 Å². The highest BCUT2D eigenvalue weighted by molar-refractivity contribution is 7.07. The van der Waals surface area contributed by atoms with E-state index in [9.17, 15) is 0 Å². The molecule has 1 aromatic rings. The van der Waals surface area contributed by atoms with E-state index in [0.29, 0.717) is 5.41 Å². The predicted octanol–water partition coefficient (Wildman–Crippen LogP) is 3.74. The van der Waals surface area contributed by atoms with Crippen LogP contribution in [0, 0.1) is 11.3 Å². The molecule has 3 heteroatoms. The number of nitrogens with zero attached hydrogens (tertiary/aromatic N) is 1. The van der Waals surface area contributed by atoms with Crippen molar-refractivity contribution in [2.75, 3.05) is 13.1 Å². The molecule has 0 fully saturated rings. The zero-order valence-electron chi connectivity index (χ0n) is 11.6. The van der Waals surface area contributed by atoms with Crippen molar-refractivity contribution >= 4 is 11.3 Å². The van der Waals surface area contributed by atoms with Gasteiger partial charge in [-0.25, -0.2) is 4.98 Å². The van der Waals surface area contributed by atoms with Crippen LogP contribution >= 0.6 is 11.3 Å². The predicted molar refractivity (Wildman–Crippen MR) is 76.5 cm³/mol. The van der Waals surface area contributed by atoms with Crippen molar-refractivity contribution in [3.05, 3.63) is 16.6 Å². The third-order valence-electron chi connectivity index (χ3n) is 3.05. The van der Waals surface area contributed by atoms with Crippen molar-refractivity contribution in [3.8, 4) is 0 Å². The van der Waals surface area contributed by atoms with Crippen molar-refractivity contribution in [2.24, 2.45) is 11.3 Å². The number of nitrogens with one attached hydrogen (secondary N) is 1. The van der Waals surface area contributed by atoms with E-state index in [1.165, 1.54) is 18.5 Å². The molecule has 0 aromatic carbocycles. The maximum absolute atomic E-state index is 4.42. The van der Waals surface area contributed by atoms with Gasteiger partial charge >= 0.3 is 0 Å². The number of hydrogen-bond acceptors (Lipinski definition) is 3. The number of rotatable bonds is 8. The fourth-order valence-electron chi connectivity index (χ4n) is 2.27. The monoisotopic (exact) mass is 254 g/mol. The van der Waals surface area contributed by atoms with Crippen molar-refractivity contribution in [1.29, 1.82) is 0 Å². The van der Waals surface area contributed by atoms with E-state index in [0.717, 1.165) is 25.4 Å². The van der Waals surface area contributed by atoms with Gasteiger partial charge in [-0.1, -0.05) is 34.1 Å². The van der Waals surface area contributed by atoms with E-state index in [1.54, 1.807) is 11.3 Å². The van der Waals surface area contributed by atoms with E-state index >= 15 is 0 Å². The highest BCUT2D eigenvalue weighted by Gasteiger charge is 2.24. The summed E-state index contributed by atoms with van der Waals surface area (Å²) in [6.45, 7) is 11.4. The molecule has 98 valence electrons. The third-order valence-corrected chi connectivity index (χ3v) is 3.68. The molecule has 0 aliphatic heterocycles. The summed E-state index contributed by atoms with van der Waals surface area (Å²) in [4.78, 5) is 4.42. The van der Waals surface area contributed by atoms with E-state index < -0.39 is 0 Å². The van der Waals surface area contributed by atoms with Gasteiger partial charge in [0.05, 0.1) is 11.2 Å². The molecule has 0 radical (unpaired) electrons. The lowest BCUT2D eigenvalue weighted by Gasteiger charge is -2.29. The van der Waals surface area contributed by atoms with Crippen LogP contribution in [0.3, 0.4) is 0 Å². The Bertz CT molecular complexity index is 295. The fourth-order valence-corrected chi connectivity index (χ4v) is 2.83. The van der Waals surface area contributed by atoms with Gasteiger partial charge in [0, 0.05) is 11.9 Å². The minimum Gasteiger partial charge on any atom is -0.316 e. The smallest absolute Gasteiger partial charge is 0.0794 e. The Morgan fingerprint density at radius 3 is 2.76 bits per heavy atom. The second-order valence-corrected chi connectivity index (χ2v) is 6.46. The zero-order valence-corrected chi connectivity index (χ0v) is 12.4. The molecule has 0 spiro atoms. The molecule has 1 N–H and O–H groups in total. The number of aromatic nitrogens is 1. The first-order valence-corrected chi connectivity index (χ1v) is 7.58. The molecule has 0 amide bonds. The molecule has 0 bridgehead atoms. The summed E-state index contributed by atoms with van der Waals surface area (Å²) >= 11 is 1.70. The van der Waals surface area contributed by atoms with Gasteiger partial charge < -0.3 is 5.32 Å². The SMILES string of the molecule is CCCC(C)(CNCC(C)C)Cc1cscn1. The molecule has 17 heavy (non-hydrogen) atoms. The Balaban J connectivity index is 2.49. The summed E-state index contributed by atoms with van der Waals surface area (Å²) in [6, 6.07) is 0. The molecule has 1 heterocycles. The molecule has 1 aromatic heterocycles. The summed E-state index contributed by atoms with van der Waals surface area (Å²) in [5.74, 6) is 0.722. The van der Waals surface area contributed by atoms with Gasteiger partial charge in [-0.2, -0.15) is 0 Å². The zero-order chi connectivity index (χ0) is 12.7. The molecule has 0 aliphatic carbocycles. The minimum atomic E-state index is 0.345. The second-order valence-electron chi connectivity index (χ2n) is 5.74. The Labute approximate surface area is 110 Å². The third kappa shape index (κ3) is 5.64. The average molecular weight is 254 g/mol.